The summed E-state index contributed by atoms with van der Waals surface area (Å²) in [7, 11) is 0. The first-order chi connectivity index (χ1) is 8.65. The molecule has 4 heteroatoms. The van der Waals surface area contributed by atoms with Crippen LogP contribution in [0.25, 0.3) is 0 Å². The third-order valence-electron chi connectivity index (χ3n) is 3.94. The van der Waals surface area contributed by atoms with E-state index in [1.54, 1.807) is 0 Å². The lowest BCUT2D eigenvalue weighted by Gasteiger charge is -2.19. The Hall–Kier alpha value is -1.42. The SMILES string of the molecule is CC(C)c1cnc2c(c1)CN1CCCC1C(=O)N2. The third-order valence-corrected chi connectivity index (χ3v) is 3.94. The van der Waals surface area contributed by atoms with E-state index in [4.69, 9.17) is 0 Å². The standard InChI is InChI=1S/C14H19N3O/c1-9(2)10-6-11-8-17-5-3-4-12(17)14(18)16-13(11)15-7-10/h6-7,9,12H,3-5,8H2,1-2H3,(H,15,16,18). The number of rotatable bonds is 1. The molecule has 18 heavy (non-hydrogen) atoms. The Labute approximate surface area is 107 Å². The summed E-state index contributed by atoms with van der Waals surface area (Å²) in [6.45, 7) is 6.18. The van der Waals surface area contributed by atoms with Crippen LogP contribution in [0.4, 0.5) is 5.82 Å². The Balaban J connectivity index is 1.98. The van der Waals surface area contributed by atoms with Crippen LogP contribution in [0.15, 0.2) is 12.3 Å². The molecule has 0 saturated carbocycles. The number of carbonyl (C=O) groups excluding carboxylic acids is 1. The largest absolute Gasteiger partial charge is 0.309 e. The molecule has 3 rings (SSSR count). The van der Waals surface area contributed by atoms with Crippen molar-refractivity contribution in [2.75, 3.05) is 11.9 Å². The molecule has 0 radical (unpaired) electrons. The summed E-state index contributed by atoms with van der Waals surface area (Å²) in [6.07, 6.45) is 3.96. The van der Waals surface area contributed by atoms with E-state index in [0.29, 0.717) is 5.92 Å². The topological polar surface area (TPSA) is 45.2 Å². The molecule has 96 valence electrons. The van der Waals surface area contributed by atoms with Crippen LogP contribution in [-0.2, 0) is 11.3 Å². The zero-order valence-electron chi connectivity index (χ0n) is 10.9. The Morgan fingerprint density at radius 2 is 2.33 bits per heavy atom. The van der Waals surface area contributed by atoms with Gasteiger partial charge in [-0.3, -0.25) is 9.69 Å². The number of fused-ring (bicyclic) bond motifs is 2. The highest BCUT2D eigenvalue weighted by molar-refractivity contribution is 5.95. The van der Waals surface area contributed by atoms with Gasteiger partial charge in [0.25, 0.3) is 0 Å². The zero-order chi connectivity index (χ0) is 12.7. The zero-order valence-corrected chi connectivity index (χ0v) is 10.9. The van der Waals surface area contributed by atoms with Crippen molar-refractivity contribution in [3.05, 3.63) is 23.4 Å². The first-order valence-electron chi connectivity index (χ1n) is 6.69. The van der Waals surface area contributed by atoms with Crippen molar-refractivity contribution in [3.63, 3.8) is 0 Å². The second-order valence-corrected chi connectivity index (χ2v) is 5.55. The molecule has 0 spiro atoms. The van der Waals surface area contributed by atoms with Gasteiger partial charge < -0.3 is 5.32 Å². The summed E-state index contributed by atoms with van der Waals surface area (Å²) in [6, 6.07) is 2.23. The van der Waals surface area contributed by atoms with Crippen LogP contribution in [0.3, 0.4) is 0 Å². The smallest absolute Gasteiger partial charge is 0.242 e. The fraction of sp³-hybridized carbons (Fsp3) is 0.571. The van der Waals surface area contributed by atoms with Gasteiger partial charge in [-0.1, -0.05) is 13.8 Å². The van der Waals surface area contributed by atoms with Gasteiger partial charge in [0.15, 0.2) is 0 Å². The maximum atomic E-state index is 12.1. The van der Waals surface area contributed by atoms with Crippen molar-refractivity contribution in [3.8, 4) is 0 Å². The van der Waals surface area contributed by atoms with Gasteiger partial charge in [0.05, 0.1) is 6.04 Å². The van der Waals surface area contributed by atoms with Crippen LogP contribution in [0.2, 0.25) is 0 Å². The molecule has 2 aliphatic rings. The van der Waals surface area contributed by atoms with Gasteiger partial charge in [-0.2, -0.15) is 0 Å². The molecule has 0 bridgehead atoms. The predicted octanol–water partition coefficient (Wildman–Crippen LogP) is 2.12. The molecule has 1 saturated heterocycles. The van der Waals surface area contributed by atoms with Crippen LogP contribution in [0.1, 0.15) is 43.7 Å². The van der Waals surface area contributed by atoms with E-state index in [2.05, 4.69) is 35.1 Å². The van der Waals surface area contributed by atoms with E-state index in [1.807, 2.05) is 6.20 Å². The number of nitrogens with zero attached hydrogens (tertiary/aromatic N) is 2. The van der Waals surface area contributed by atoms with E-state index in [9.17, 15) is 4.79 Å². The summed E-state index contributed by atoms with van der Waals surface area (Å²) in [5.74, 6) is 1.32. The fourth-order valence-electron chi connectivity index (χ4n) is 2.81. The molecule has 1 amide bonds. The average Bonchev–Trinajstić information content (AvgIpc) is 2.74. The van der Waals surface area contributed by atoms with Crippen molar-refractivity contribution >= 4 is 11.7 Å². The van der Waals surface area contributed by atoms with E-state index >= 15 is 0 Å². The first-order valence-corrected chi connectivity index (χ1v) is 6.69. The van der Waals surface area contributed by atoms with Gasteiger partial charge in [0.1, 0.15) is 5.82 Å². The van der Waals surface area contributed by atoms with E-state index in [0.717, 1.165) is 37.3 Å². The molecule has 1 atom stereocenters. The lowest BCUT2D eigenvalue weighted by atomic mass is 10.0. The van der Waals surface area contributed by atoms with Crippen LogP contribution < -0.4 is 5.32 Å². The highest BCUT2D eigenvalue weighted by atomic mass is 16.2. The molecule has 0 aromatic carbocycles. The number of carbonyl (C=O) groups is 1. The molecular formula is C14H19N3O. The summed E-state index contributed by atoms with van der Waals surface area (Å²) in [4.78, 5) is 18.8. The van der Waals surface area contributed by atoms with Crippen LogP contribution in [0.5, 0.6) is 0 Å². The second kappa shape index (κ2) is 4.35. The number of pyridine rings is 1. The van der Waals surface area contributed by atoms with Gasteiger partial charge in [0.2, 0.25) is 5.91 Å². The Morgan fingerprint density at radius 1 is 1.50 bits per heavy atom. The molecule has 1 aromatic heterocycles. The third kappa shape index (κ3) is 1.90. The molecule has 2 aliphatic heterocycles. The van der Waals surface area contributed by atoms with Gasteiger partial charge >= 0.3 is 0 Å². The lowest BCUT2D eigenvalue weighted by molar-refractivity contribution is -0.120. The second-order valence-electron chi connectivity index (χ2n) is 5.55. The van der Waals surface area contributed by atoms with E-state index < -0.39 is 0 Å². The van der Waals surface area contributed by atoms with Crippen molar-refractivity contribution in [2.24, 2.45) is 0 Å². The van der Waals surface area contributed by atoms with Crippen molar-refractivity contribution in [2.45, 2.75) is 45.2 Å². The molecule has 1 N–H and O–H groups in total. The minimum atomic E-state index is 0.0432. The molecular weight excluding hydrogens is 226 g/mol. The lowest BCUT2D eigenvalue weighted by Crippen LogP contribution is -2.36. The van der Waals surface area contributed by atoms with Gasteiger partial charge in [0, 0.05) is 18.3 Å². The maximum Gasteiger partial charge on any atom is 0.242 e. The number of hydrogen-bond donors (Lipinski definition) is 1. The van der Waals surface area contributed by atoms with Crippen molar-refractivity contribution < 1.29 is 4.79 Å². The van der Waals surface area contributed by atoms with Gasteiger partial charge in [-0.25, -0.2) is 4.98 Å². The highest BCUT2D eigenvalue weighted by Crippen LogP contribution is 2.29. The summed E-state index contributed by atoms with van der Waals surface area (Å²) in [5, 5.41) is 2.97. The number of amides is 1. The average molecular weight is 245 g/mol. The molecule has 1 unspecified atom stereocenters. The van der Waals surface area contributed by atoms with Gasteiger partial charge in [-0.15, -0.1) is 0 Å². The summed E-state index contributed by atoms with van der Waals surface area (Å²) in [5.41, 5.74) is 2.39. The minimum absolute atomic E-state index is 0.0432. The first kappa shape index (κ1) is 11.7. The van der Waals surface area contributed by atoms with Crippen molar-refractivity contribution in [1.29, 1.82) is 0 Å². The Kier molecular flexibility index (Phi) is 2.82. The van der Waals surface area contributed by atoms with Gasteiger partial charge in [-0.05, 0) is 36.9 Å². The number of nitrogens with one attached hydrogen (secondary N) is 1. The van der Waals surface area contributed by atoms with E-state index in [-0.39, 0.29) is 11.9 Å². The normalized spacial score (nSPS) is 23.5. The molecule has 0 aliphatic carbocycles. The molecule has 4 nitrogen and oxygen atoms in total. The highest BCUT2D eigenvalue weighted by Gasteiger charge is 2.34. The van der Waals surface area contributed by atoms with Crippen LogP contribution in [-0.4, -0.2) is 28.4 Å². The molecule has 1 fully saturated rings. The Morgan fingerprint density at radius 3 is 3.11 bits per heavy atom. The number of aromatic nitrogens is 1. The quantitative estimate of drug-likeness (QED) is 0.824. The molecule has 3 heterocycles. The number of anilines is 1. The van der Waals surface area contributed by atoms with Crippen LogP contribution >= 0.6 is 0 Å². The van der Waals surface area contributed by atoms with Crippen molar-refractivity contribution in [1.82, 2.24) is 9.88 Å². The minimum Gasteiger partial charge on any atom is -0.309 e. The monoisotopic (exact) mass is 245 g/mol. The molecule has 1 aromatic rings. The summed E-state index contributed by atoms with van der Waals surface area (Å²) < 4.78 is 0. The maximum absolute atomic E-state index is 12.1. The Bertz CT molecular complexity index is 484. The van der Waals surface area contributed by atoms with E-state index in [1.165, 1.54) is 5.56 Å². The fourth-order valence-corrected chi connectivity index (χ4v) is 2.81. The predicted molar refractivity (Wildman–Crippen MR) is 70.4 cm³/mol. The van der Waals surface area contributed by atoms with Crippen LogP contribution in [0, 0.1) is 0 Å². The summed E-state index contributed by atoms with van der Waals surface area (Å²) >= 11 is 0. The number of hydrogen-bond acceptors (Lipinski definition) is 3.